The van der Waals surface area contributed by atoms with E-state index in [9.17, 15) is 4.79 Å². The number of aromatic nitrogens is 2. The van der Waals surface area contributed by atoms with E-state index < -0.39 is 0 Å². The molecule has 0 aliphatic carbocycles. The largest absolute Gasteiger partial charge is 0.332 e. The lowest BCUT2D eigenvalue weighted by Crippen LogP contribution is -2.36. The summed E-state index contributed by atoms with van der Waals surface area (Å²) in [5.41, 5.74) is 4.72. The number of H-pyrrole nitrogens is 1. The lowest BCUT2D eigenvalue weighted by Gasteiger charge is -2.24. The molecule has 42 heavy (non-hydrogen) atoms. The number of amides is 2. The van der Waals surface area contributed by atoms with Crippen LogP contribution in [-0.4, -0.2) is 39.7 Å². The van der Waals surface area contributed by atoms with Gasteiger partial charge in [0.15, 0.2) is 5.16 Å². The van der Waals surface area contributed by atoms with Crippen LogP contribution in [-0.2, 0) is 0 Å². The number of rotatable bonds is 16. The Kier molecular flexibility index (Phi) is 13.1. The van der Waals surface area contributed by atoms with Crippen LogP contribution in [0.4, 0.5) is 10.5 Å². The first-order chi connectivity index (χ1) is 20.6. The predicted octanol–water partition coefficient (Wildman–Crippen LogP) is 10.8. The highest BCUT2D eigenvalue weighted by molar-refractivity contribution is 7.99. The molecule has 8 heteroatoms. The van der Waals surface area contributed by atoms with Gasteiger partial charge in [0.1, 0.15) is 0 Å². The van der Waals surface area contributed by atoms with Crippen LogP contribution < -0.4 is 5.32 Å². The van der Waals surface area contributed by atoms with Gasteiger partial charge in [-0.3, -0.25) is 0 Å². The number of para-hydroxylation sites is 1. The van der Waals surface area contributed by atoms with Crippen molar-refractivity contribution < 1.29 is 4.79 Å². The molecule has 0 saturated heterocycles. The number of urea groups is 1. The molecule has 0 spiro atoms. The van der Waals surface area contributed by atoms with E-state index in [4.69, 9.17) is 28.2 Å². The van der Waals surface area contributed by atoms with E-state index in [1.54, 1.807) is 30.0 Å². The molecule has 0 aliphatic rings. The Balaban J connectivity index is 1.30. The maximum Gasteiger partial charge on any atom is 0.321 e. The number of thioether (sulfide) groups is 1. The lowest BCUT2D eigenvalue weighted by atomic mass is 10.1. The van der Waals surface area contributed by atoms with Crippen molar-refractivity contribution >= 4 is 46.7 Å². The number of imidazole rings is 1. The Morgan fingerprint density at radius 3 is 2.02 bits per heavy atom. The molecule has 2 N–H and O–H groups in total. The molecule has 0 aliphatic heterocycles. The Morgan fingerprint density at radius 1 is 0.786 bits per heavy atom. The van der Waals surface area contributed by atoms with Crippen LogP contribution >= 0.6 is 35.0 Å². The van der Waals surface area contributed by atoms with Crippen molar-refractivity contribution in [3.05, 3.63) is 88.9 Å². The molecule has 2 amide bonds. The third-order valence-electron chi connectivity index (χ3n) is 7.12. The molecule has 0 bridgehead atoms. The predicted molar refractivity (Wildman–Crippen MR) is 180 cm³/mol. The number of aromatic amines is 1. The summed E-state index contributed by atoms with van der Waals surface area (Å²) < 4.78 is 0. The fourth-order valence-electron chi connectivity index (χ4n) is 4.81. The van der Waals surface area contributed by atoms with Crippen molar-refractivity contribution in [2.75, 3.05) is 24.2 Å². The smallest absolute Gasteiger partial charge is 0.321 e. The number of nitrogens with zero attached hydrogens (tertiary/aromatic N) is 2. The zero-order valence-electron chi connectivity index (χ0n) is 24.3. The number of hydrogen-bond donors (Lipinski definition) is 2. The number of hydrogen-bond acceptors (Lipinski definition) is 3. The molecule has 1 aromatic heterocycles. The average Bonchev–Trinajstić information content (AvgIpc) is 3.44. The highest BCUT2D eigenvalue weighted by atomic mass is 35.5. The fourth-order valence-corrected chi connectivity index (χ4v) is 6.18. The summed E-state index contributed by atoms with van der Waals surface area (Å²) in [5, 5.41) is 4.76. The van der Waals surface area contributed by atoms with Crippen molar-refractivity contribution in [2.24, 2.45) is 0 Å². The van der Waals surface area contributed by atoms with Crippen LogP contribution in [0.3, 0.4) is 0 Å². The minimum atomic E-state index is -0.146. The van der Waals surface area contributed by atoms with Gasteiger partial charge in [-0.2, -0.15) is 0 Å². The van der Waals surface area contributed by atoms with Crippen molar-refractivity contribution in [2.45, 2.75) is 63.4 Å². The van der Waals surface area contributed by atoms with Gasteiger partial charge >= 0.3 is 6.03 Å². The molecule has 4 rings (SSSR count). The third kappa shape index (κ3) is 9.55. The summed E-state index contributed by atoms with van der Waals surface area (Å²) in [7, 11) is 0. The van der Waals surface area contributed by atoms with Crippen LogP contribution in [0.1, 0.15) is 58.3 Å². The molecular weight excluding hydrogens is 583 g/mol. The molecule has 222 valence electrons. The summed E-state index contributed by atoms with van der Waals surface area (Å²) in [6, 6.07) is 25.8. The van der Waals surface area contributed by atoms with Crippen LogP contribution in [0, 0.1) is 0 Å². The molecule has 0 atom stereocenters. The van der Waals surface area contributed by atoms with E-state index in [-0.39, 0.29) is 6.03 Å². The number of carbonyl (C=O) groups is 1. The normalized spacial score (nSPS) is 11.0. The van der Waals surface area contributed by atoms with Crippen molar-refractivity contribution in [3.63, 3.8) is 0 Å². The van der Waals surface area contributed by atoms with Gasteiger partial charge in [-0.15, -0.1) is 0 Å². The first-order valence-corrected chi connectivity index (χ1v) is 16.6. The molecule has 0 unspecified atom stereocenters. The summed E-state index contributed by atoms with van der Waals surface area (Å²) in [6.07, 6.45) is 8.74. The highest BCUT2D eigenvalue weighted by Gasteiger charge is 2.17. The number of benzene rings is 3. The first kappa shape index (κ1) is 32.0. The molecule has 4 aromatic rings. The molecular formula is C34H40Cl2N4OS. The standard InChI is InChI=1S/C34H40Cl2N4OS/c1-2-3-4-5-13-23-40(34(41)39-32-28(35)21-16-22-29(32)36)24-14-8-15-25-42-33-37-30(26-17-9-6-10-18-26)31(38-33)27-19-11-7-12-20-27/h6-7,9-12,16-22H,2-5,8,13-15,23-25H2,1H3,(H,37,38)(H,39,41). The molecule has 1 heterocycles. The zero-order chi connectivity index (χ0) is 29.6. The highest BCUT2D eigenvalue weighted by Crippen LogP contribution is 2.33. The number of nitrogens with one attached hydrogen (secondary N) is 2. The van der Waals surface area contributed by atoms with Crippen LogP contribution in [0.5, 0.6) is 0 Å². The van der Waals surface area contributed by atoms with Crippen molar-refractivity contribution in [1.82, 2.24) is 14.9 Å². The number of halogens is 2. The maximum absolute atomic E-state index is 13.2. The molecule has 5 nitrogen and oxygen atoms in total. The number of anilines is 1. The summed E-state index contributed by atoms with van der Waals surface area (Å²) >= 11 is 14.4. The average molecular weight is 624 g/mol. The minimum absolute atomic E-state index is 0.146. The second kappa shape index (κ2) is 17.3. The van der Waals surface area contributed by atoms with E-state index in [2.05, 4.69) is 53.6 Å². The van der Waals surface area contributed by atoms with E-state index >= 15 is 0 Å². The van der Waals surface area contributed by atoms with E-state index in [0.717, 1.165) is 72.1 Å². The second-order valence-electron chi connectivity index (χ2n) is 10.3. The van der Waals surface area contributed by atoms with Gasteiger partial charge in [0.25, 0.3) is 0 Å². The monoisotopic (exact) mass is 622 g/mol. The van der Waals surface area contributed by atoms with Crippen LogP contribution in [0.25, 0.3) is 22.5 Å². The Labute approximate surface area is 264 Å². The number of unbranched alkanes of at least 4 members (excludes halogenated alkanes) is 6. The van der Waals surface area contributed by atoms with E-state index in [1.165, 1.54) is 19.3 Å². The molecule has 3 aromatic carbocycles. The van der Waals surface area contributed by atoms with E-state index in [0.29, 0.717) is 22.3 Å². The van der Waals surface area contributed by atoms with Gasteiger partial charge in [-0.25, -0.2) is 9.78 Å². The first-order valence-electron chi connectivity index (χ1n) is 14.9. The SMILES string of the molecule is CCCCCCCN(CCCCCSc1nc(-c2ccccc2)c(-c2ccccc2)[nH]1)C(=O)Nc1c(Cl)cccc1Cl. The lowest BCUT2D eigenvalue weighted by molar-refractivity contribution is 0.209. The zero-order valence-corrected chi connectivity index (χ0v) is 26.6. The van der Waals surface area contributed by atoms with Crippen LogP contribution in [0.2, 0.25) is 10.0 Å². The van der Waals surface area contributed by atoms with Gasteiger partial charge < -0.3 is 15.2 Å². The fraction of sp³-hybridized carbons (Fsp3) is 0.353. The maximum atomic E-state index is 13.2. The summed E-state index contributed by atoms with van der Waals surface area (Å²) in [5.74, 6) is 0.953. The van der Waals surface area contributed by atoms with Crippen molar-refractivity contribution in [1.29, 1.82) is 0 Å². The molecule has 0 saturated carbocycles. The Morgan fingerprint density at radius 2 is 1.38 bits per heavy atom. The summed E-state index contributed by atoms with van der Waals surface area (Å²) in [4.78, 5) is 23.6. The van der Waals surface area contributed by atoms with Crippen LogP contribution in [0.15, 0.2) is 84.0 Å². The molecule has 0 radical (unpaired) electrons. The van der Waals surface area contributed by atoms with Gasteiger partial charge in [0.2, 0.25) is 0 Å². The molecule has 0 fully saturated rings. The summed E-state index contributed by atoms with van der Waals surface area (Å²) in [6.45, 7) is 3.63. The van der Waals surface area contributed by atoms with E-state index in [1.807, 2.05) is 29.2 Å². The minimum Gasteiger partial charge on any atom is -0.332 e. The third-order valence-corrected chi connectivity index (χ3v) is 8.71. The van der Waals surface area contributed by atoms with Gasteiger partial charge in [-0.05, 0) is 31.4 Å². The Hall–Kier alpha value is -2.93. The second-order valence-corrected chi connectivity index (χ2v) is 12.2. The van der Waals surface area contributed by atoms with Gasteiger partial charge in [0, 0.05) is 30.0 Å². The van der Waals surface area contributed by atoms with Gasteiger partial charge in [0.05, 0.1) is 27.1 Å². The van der Waals surface area contributed by atoms with Crippen molar-refractivity contribution in [3.8, 4) is 22.5 Å². The Bertz CT molecular complexity index is 1300. The number of carbonyl (C=O) groups excluding carboxylic acids is 1. The quantitative estimate of drug-likeness (QED) is 0.0964. The topological polar surface area (TPSA) is 61.0 Å². The van der Waals surface area contributed by atoms with Gasteiger partial charge in [-0.1, -0.05) is 141 Å².